The van der Waals surface area contributed by atoms with Crippen molar-refractivity contribution in [1.29, 1.82) is 0 Å². The number of nitrogens with one attached hydrogen (secondary N) is 3. The number of hydrogen-bond donors (Lipinski definition) is 3. The fourth-order valence-electron chi connectivity index (χ4n) is 2.55. The second-order valence-electron chi connectivity index (χ2n) is 5.44. The molecular weight excluding hydrogens is 282 g/mol. The van der Waals surface area contributed by atoms with Gasteiger partial charge in [-0.3, -0.25) is 5.10 Å². The molecule has 114 valence electrons. The average Bonchev–Trinajstić information content (AvgIpc) is 3.15. The highest BCUT2D eigenvalue weighted by Gasteiger charge is 2.25. The van der Waals surface area contributed by atoms with Gasteiger partial charge in [0.15, 0.2) is 17.2 Å². The number of anilines is 3. The Kier molecular flexibility index (Phi) is 2.92. The van der Waals surface area contributed by atoms with Crippen molar-refractivity contribution in [2.24, 2.45) is 0 Å². The summed E-state index contributed by atoms with van der Waals surface area (Å²) in [4.78, 5) is 0. The predicted molar refractivity (Wildman–Crippen MR) is 84.0 cm³/mol. The fourth-order valence-corrected chi connectivity index (χ4v) is 2.55. The topological polar surface area (TPSA) is 88.0 Å². The molecule has 0 aliphatic heterocycles. The van der Waals surface area contributed by atoms with Crippen LogP contribution in [0.15, 0.2) is 22.7 Å². The Hall–Kier alpha value is -2.70. The Morgan fingerprint density at radius 2 is 2.18 bits per heavy atom. The normalized spacial score (nSPS) is 14.3. The predicted octanol–water partition coefficient (Wildman–Crippen LogP) is 3.22. The minimum Gasteiger partial charge on any atom is -0.495 e. The van der Waals surface area contributed by atoms with Crippen LogP contribution in [-0.4, -0.2) is 29.5 Å². The summed E-state index contributed by atoms with van der Waals surface area (Å²) in [7, 11) is 3.44. The molecule has 2 aromatic heterocycles. The van der Waals surface area contributed by atoms with E-state index >= 15 is 0 Å². The van der Waals surface area contributed by atoms with Gasteiger partial charge < -0.3 is 19.9 Å². The molecule has 1 saturated carbocycles. The van der Waals surface area contributed by atoms with E-state index in [0.717, 1.165) is 16.9 Å². The largest absolute Gasteiger partial charge is 0.495 e. The number of H-pyrrole nitrogens is 1. The summed E-state index contributed by atoms with van der Waals surface area (Å²) in [5.74, 6) is 2.81. The highest BCUT2D eigenvalue weighted by atomic mass is 16.5. The van der Waals surface area contributed by atoms with Crippen LogP contribution in [0.1, 0.15) is 24.5 Å². The number of nitrogens with zero attached hydrogens (tertiary/aromatic N) is 2. The van der Waals surface area contributed by atoms with Gasteiger partial charge in [0.1, 0.15) is 5.75 Å². The second kappa shape index (κ2) is 4.94. The Balaban J connectivity index is 1.69. The van der Waals surface area contributed by atoms with Crippen molar-refractivity contribution in [3.63, 3.8) is 0 Å². The van der Waals surface area contributed by atoms with E-state index in [1.165, 1.54) is 18.5 Å². The molecule has 0 bridgehead atoms. The van der Waals surface area contributed by atoms with Crippen molar-refractivity contribution >= 4 is 28.3 Å². The van der Waals surface area contributed by atoms with Gasteiger partial charge in [-0.25, -0.2) is 0 Å². The lowest BCUT2D eigenvalue weighted by Gasteiger charge is -2.09. The van der Waals surface area contributed by atoms with E-state index in [4.69, 9.17) is 9.26 Å². The maximum Gasteiger partial charge on any atom is 0.177 e. The molecule has 1 aromatic carbocycles. The zero-order valence-corrected chi connectivity index (χ0v) is 12.4. The third-order valence-electron chi connectivity index (χ3n) is 3.91. The van der Waals surface area contributed by atoms with Gasteiger partial charge in [0, 0.05) is 30.8 Å². The van der Waals surface area contributed by atoms with Gasteiger partial charge in [-0.15, -0.1) is 0 Å². The van der Waals surface area contributed by atoms with Crippen LogP contribution in [0.5, 0.6) is 5.75 Å². The molecule has 7 nitrogen and oxygen atoms in total. The molecule has 1 fully saturated rings. The van der Waals surface area contributed by atoms with Gasteiger partial charge in [-0.1, -0.05) is 5.16 Å². The summed E-state index contributed by atoms with van der Waals surface area (Å²) in [5.41, 5.74) is 2.66. The number of benzene rings is 1. The van der Waals surface area contributed by atoms with E-state index in [9.17, 15) is 0 Å². The number of fused-ring (bicyclic) bond motifs is 1. The maximum atomic E-state index is 5.46. The van der Waals surface area contributed by atoms with Crippen LogP contribution in [0.4, 0.5) is 17.3 Å². The molecule has 0 radical (unpaired) electrons. The molecule has 7 heteroatoms. The average molecular weight is 299 g/mol. The van der Waals surface area contributed by atoms with E-state index < -0.39 is 0 Å². The van der Waals surface area contributed by atoms with Gasteiger partial charge in [-0.05, 0) is 18.9 Å². The highest BCUT2D eigenvalue weighted by molar-refractivity contribution is 5.93. The number of hydrogen-bond acceptors (Lipinski definition) is 6. The lowest BCUT2D eigenvalue weighted by Crippen LogP contribution is -1.95. The van der Waals surface area contributed by atoms with Gasteiger partial charge in [0.25, 0.3) is 0 Å². The number of ether oxygens (including phenoxy) is 1. The summed E-state index contributed by atoms with van der Waals surface area (Å²) in [6.45, 7) is 0. The van der Waals surface area contributed by atoms with Crippen molar-refractivity contribution in [3.8, 4) is 5.75 Å². The highest BCUT2D eigenvalue weighted by Crippen LogP contribution is 2.40. The Morgan fingerprint density at radius 1 is 1.32 bits per heavy atom. The summed E-state index contributed by atoms with van der Waals surface area (Å²) in [6.07, 6.45) is 2.48. The van der Waals surface area contributed by atoms with Crippen LogP contribution < -0.4 is 15.4 Å². The molecular formula is C15H17N5O2. The van der Waals surface area contributed by atoms with Gasteiger partial charge in [-0.2, -0.15) is 5.10 Å². The van der Waals surface area contributed by atoms with E-state index in [-0.39, 0.29) is 0 Å². The van der Waals surface area contributed by atoms with Gasteiger partial charge in [0.05, 0.1) is 18.2 Å². The molecule has 0 amide bonds. The van der Waals surface area contributed by atoms with Crippen molar-refractivity contribution < 1.29 is 9.26 Å². The molecule has 0 unspecified atom stereocenters. The molecule has 3 aromatic rings. The van der Waals surface area contributed by atoms with Crippen molar-refractivity contribution in [1.82, 2.24) is 15.4 Å². The van der Waals surface area contributed by atoms with Crippen molar-refractivity contribution in [2.75, 3.05) is 24.8 Å². The first-order valence-corrected chi connectivity index (χ1v) is 7.26. The summed E-state index contributed by atoms with van der Waals surface area (Å²) in [6, 6.07) is 5.81. The molecule has 2 heterocycles. The second-order valence-corrected chi connectivity index (χ2v) is 5.44. The first-order chi connectivity index (χ1) is 10.8. The number of rotatable bonds is 5. The summed E-state index contributed by atoms with van der Waals surface area (Å²) >= 11 is 0. The lowest BCUT2D eigenvalue weighted by atomic mass is 10.2. The smallest absolute Gasteiger partial charge is 0.177 e. The van der Waals surface area contributed by atoms with Crippen LogP contribution in [0, 0.1) is 0 Å². The summed E-state index contributed by atoms with van der Waals surface area (Å²) in [5, 5.41) is 18.5. The minimum absolute atomic E-state index is 0.639. The molecule has 4 rings (SSSR count). The van der Waals surface area contributed by atoms with Crippen LogP contribution in [0.2, 0.25) is 0 Å². The quantitative estimate of drug-likeness (QED) is 0.670. The third kappa shape index (κ3) is 2.14. The van der Waals surface area contributed by atoms with Crippen LogP contribution in [0.25, 0.3) is 11.0 Å². The SMILES string of the molecule is CNc1noc2cc(Nc3cc(C4CC4)[nH]n3)c(OC)cc12. The first-order valence-electron chi connectivity index (χ1n) is 7.26. The lowest BCUT2D eigenvalue weighted by molar-refractivity contribution is 0.417. The van der Waals surface area contributed by atoms with Gasteiger partial charge >= 0.3 is 0 Å². The van der Waals surface area contributed by atoms with Crippen LogP contribution in [0.3, 0.4) is 0 Å². The Morgan fingerprint density at radius 3 is 2.91 bits per heavy atom. The van der Waals surface area contributed by atoms with E-state index in [2.05, 4.69) is 26.0 Å². The maximum absolute atomic E-state index is 5.46. The Labute approximate surface area is 127 Å². The zero-order valence-electron chi connectivity index (χ0n) is 12.4. The molecule has 0 spiro atoms. The van der Waals surface area contributed by atoms with Gasteiger partial charge in [0.2, 0.25) is 0 Å². The third-order valence-corrected chi connectivity index (χ3v) is 3.91. The van der Waals surface area contributed by atoms with Crippen molar-refractivity contribution in [3.05, 3.63) is 23.9 Å². The monoisotopic (exact) mass is 299 g/mol. The van der Waals surface area contributed by atoms with E-state index in [1.807, 2.05) is 18.2 Å². The Bertz CT molecular complexity index is 819. The van der Waals surface area contributed by atoms with Crippen LogP contribution in [-0.2, 0) is 0 Å². The molecule has 1 aliphatic carbocycles. The fraction of sp³-hybridized carbons (Fsp3) is 0.333. The number of aromatic nitrogens is 3. The minimum atomic E-state index is 0.639. The molecule has 0 atom stereocenters. The molecule has 3 N–H and O–H groups in total. The zero-order chi connectivity index (χ0) is 15.1. The standard InChI is InChI=1S/C15H17N5O2/c1-16-15-9-5-13(21-2)11(6-12(9)22-20-15)17-14-7-10(18-19-14)8-3-4-8/h5-8H,3-4H2,1-2H3,(H,16,20)(H2,17,18,19). The number of aromatic amines is 1. The number of methoxy groups -OCH3 is 1. The molecule has 22 heavy (non-hydrogen) atoms. The summed E-state index contributed by atoms with van der Waals surface area (Å²) < 4.78 is 10.8. The van der Waals surface area contributed by atoms with E-state index in [1.54, 1.807) is 14.2 Å². The van der Waals surface area contributed by atoms with Crippen molar-refractivity contribution in [2.45, 2.75) is 18.8 Å². The molecule has 0 saturated heterocycles. The first kappa shape index (κ1) is 13.0. The van der Waals surface area contributed by atoms with E-state index in [0.29, 0.717) is 23.1 Å². The van der Waals surface area contributed by atoms with Crippen LogP contribution >= 0.6 is 0 Å². The molecule has 1 aliphatic rings.